The molecule has 0 unspecified atom stereocenters. The van der Waals surface area contributed by atoms with Gasteiger partial charge >= 0.3 is 0 Å². The van der Waals surface area contributed by atoms with E-state index in [0.29, 0.717) is 18.3 Å². The highest BCUT2D eigenvalue weighted by atomic mass is 16.3. The molecule has 0 fully saturated rings. The molecule has 3 nitrogen and oxygen atoms in total. The molecule has 0 saturated carbocycles. The van der Waals surface area contributed by atoms with E-state index in [0.717, 1.165) is 22.9 Å². The molecule has 0 aliphatic carbocycles. The van der Waals surface area contributed by atoms with Crippen LogP contribution < -0.4 is 5.73 Å². The number of aromatic hydroxyl groups is 1. The lowest BCUT2D eigenvalue weighted by atomic mass is 10.1. The van der Waals surface area contributed by atoms with Crippen LogP contribution in [0.1, 0.15) is 25.5 Å². The Morgan fingerprint density at radius 2 is 2.12 bits per heavy atom. The van der Waals surface area contributed by atoms with Crippen LogP contribution in [0.4, 0.5) is 0 Å². The molecule has 3 heteroatoms. The summed E-state index contributed by atoms with van der Waals surface area (Å²) in [4.78, 5) is 0. The van der Waals surface area contributed by atoms with E-state index in [9.17, 15) is 5.11 Å². The number of phenolic OH excluding ortho intramolecular Hbond substituents is 1. The summed E-state index contributed by atoms with van der Waals surface area (Å²) in [6, 6.07) is 6.03. The Hall–Kier alpha value is -1.48. The highest BCUT2D eigenvalue weighted by Gasteiger charge is 2.12. The molecule has 2 rings (SSSR count). The van der Waals surface area contributed by atoms with Crippen molar-refractivity contribution in [3.8, 4) is 5.75 Å². The largest absolute Gasteiger partial charge is 0.507 e. The SMILES string of the molecule is CC(C)n1cc(CCN)c2c(O)cccc21. The Balaban J connectivity index is 2.71. The summed E-state index contributed by atoms with van der Waals surface area (Å²) in [5, 5.41) is 10.9. The molecule has 0 atom stereocenters. The van der Waals surface area contributed by atoms with Crippen molar-refractivity contribution < 1.29 is 5.11 Å². The summed E-state index contributed by atoms with van der Waals surface area (Å²) in [7, 11) is 0. The molecule has 0 spiro atoms. The van der Waals surface area contributed by atoms with Gasteiger partial charge in [-0.15, -0.1) is 0 Å². The zero-order chi connectivity index (χ0) is 11.7. The summed E-state index contributed by atoms with van der Waals surface area (Å²) in [5.74, 6) is 0.348. The zero-order valence-electron chi connectivity index (χ0n) is 9.77. The summed E-state index contributed by atoms with van der Waals surface area (Å²) >= 11 is 0. The summed E-state index contributed by atoms with van der Waals surface area (Å²) in [5.41, 5.74) is 7.81. The lowest BCUT2D eigenvalue weighted by Crippen LogP contribution is -2.02. The van der Waals surface area contributed by atoms with Crippen molar-refractivity contribution in [3.63, 3.8) is 0 Å². The van der Waals surface area contributed by atoms with Gasteiger partial charge in [-0.1, -0.05) is 6.07 Å². The summed E-state index contributed by atoms with van der Waals surface area (Å²) < 4.78 is 2.18. The summed E-state index contributed by atoms with van der Waals surface area (Å²) in [6.45, 7) is 4.87. The molecule has 0 saturated heterocycles. The van der Waals surface area contributed by atoms with Gasteiger partial charge in [0.25, 0.3) is 0 Å². The van der Waals surface area contributed by atoms with Crippen molar-refractivity contribution in [2.24, 2.45) is 5.73 Å². The van der Waals surface area contributed by atoms with Crippen LogP contribution in [-0.2, 0) is 6.42 Å². The minimum absolute atomic E-state index is 0.348. The first-order chi connectivity index (χ1) is 7.65. The van der Waals surface area contributed by atoms with Gasteiger partial charge in [-0.2, -0.15) is 0 Å². The molecule has 2 aromatic rings. The van der Waals surface area contributed by atoms with Gasteiger partial charge in [-0.3, -0.25) is 0 Å². The van der Waals surface area contributed by atoms with Gasteiger partial charge in [0.05, 0.1) is 5.52 Å². The third-order valence-electron chi connectivity index (χ3n) is 2.88. The minimum atomic E-state index is 0.348. The first-order valence-corrected chi connectivity index (χ1v) is 5.66. The molecular weight excluding hydrogens is 200 g/mol. The van der Waals surface area contributed by atoms with Crippen molar-refractivity contribution in [1.29, 1.82) is 0 Å². The Morgan fingerprint density at radius 1 is 1.38 bits per heavy atom. The zero-order valence-corrected chi connectivity index (χ0v) is 9.77. The van der Waals surface area contributed by atoms with Gasteiger partial charge in [0.2, 0.25) is 0 Å². The molecule has 1 aromatic carbocycles. The van der Waals surface area contributed by atoms with E-state index in [1.807, 2.05) is 12.1 Å². The van der Waals surface area contributed by atoms with Crippen molar-refractivity contribution in [2.75, 3.05) is 6.54 Å². The number of hydrogen-bond donors (Lipinski definition) is 2. The van der Waals surface area contributed by atoms with Gasteiger partial charge in [0.15, 0.2) is 0 Å². The van der Waals surface area contributed by atoms with E-state index in [1.165, 1.54) is 0 Å². The molecule has 3 N–H and O–H groups in total. The average molecular weight is 218 g/mol. The number of aromatic nitrogens is 1. The Morgan fingerprint density at radius 3 is 2.75 bits per heavy atom. The molecule has 0 bridgehead atoms. The third-order valence-corrected chi connectivity index (χ3v) is 2.88. The van der Waals surface area contributed by atoms with Crippen LogP contribution in [0, 0.1) is 0 Å². The van der Waals surface area contributed by atoms with Crippen LogP contribution in [-0.4, -0.2) is 16.2 Å². The topological polar surface area (TPSA) is 51.2 Å². The number of hydrogen-bond acceptors (Lipinski definition) is 2. The molecule has 0 radical (unpaired) electrons. The monoisotopic (exact) mass is 218 g/mol. The lowest BCUT2D eigenvalue weighted by Gasteiger charge is -2.08. The maximum Gasteiger partial charge on any atom is 0.125 e. The van der Waals surface area contributed by atoms with Crippen LogP contribution in [0.25, 0.3) is 10.9 Å². The Kier molecular flexibility index (Phi) is 2.88. The predicted molar refractivity (Wildman–Crippen MR) is 66.7 cm³/mol. The van der Waals surface area contributed by atoms with E-state index in [-0.39, 0.29) is 0 Å². The highest BCUT2D eigenvalue weighted by molar-refractivity contribution is 5.89. The van der Waals surface area contributed by atoms with Gasteiger partial charge in [0.1, 0.15) is 5.75 Å². The third kappa shape index (κ3) is 1.67. The first kappa shape index (κ1) is 11.0. The molecule has 16 heavy (non-hydrogen) atoms. The van der Waals surface area contributed by atoms with E-state index in [2.05, 4.69) is 24.6 Å². The van der Waals surface area contributed by atoms with Crippen molar-refractivity contribution in [2.45, 2.75) is 26.3 Å². The number of benzene rings is 1. The Bertz CT molecular complexity index is 500. The number of nitrogens with two attached hydrogens (primary N) is 1. The maximum atomic E-state index is 9.92. The number of fused-ring (bicyclic) bond motifs is 1. The van der Waals surface area contributed by atoms with Gasteiger partial charge < -0.3 is 15.4 Å². The average Bonchev–Trinajstić information content (AvgIpc) is 2.59. The fourth-order valence-corrected chi connectivity index (χ4v) is 2.15. The van der Waals surface area contributed by atoms with Crippen molar-refractivity contribution >= 4 is 10.9 Å². The fourth-order valence-electron chi connectivity index (χ4n) is 2.15. The normalized spacial score (nSPS) is 11.5. The van der Waals surface area contributed by atoms with Gasteiger partial charge in [0, 0.05) is 17.6 Å². The summed E-state index contributed by atoms with van der Waals surface area (Å²) in [6.07, 6.45) is 2.90. The second kappa shape index (κ2) is 4.18. The number of nitrogens with zero attached hydrogens (tertiary/aromatic N) is 1. The molecular formula is C13H18N2O. The van der Waals surface area contributed by atoms with Gasteiger partial charge in [-0.25, -0.2) is 0 Å². The smallest absolute Gasteiger partial charge is 0.125 e. The van der Waals surface area contributed by atoms with E-state index < -0.39 is 0 Å². The van der Waals surface area contributed by atoms with Crippen LogP contribution in [0.15, 0.2) is 24.4 Å². The second-order valence-corrected chi connectivity index (χ2v) is 4.37. The molecule has 0 aliphatic rings. The van der Waals surface area contributed by atoms with Crippen LogP contribution >= 0.6 is 0 Å². The van der Waals surface area contributed by atoms with E-state index >= 15 is 0 Å². The predicted octanol–water partition coefficient (Wildman–Crippen LogP) is 2.43. The van der Waals surface area contributed by atoms with Crippen LogP contribution in [0.3, 0.4) is 0 Å². The molecule has 0 amide bonds. The second-order valence-electron chi connectivity index (χ2n) is 4.37. The quantitative estimate of drug-likeness (QED) is 0.831. The van der Waals surface area contributed by atoms with Crippen molar-refractivity contribution in [1.82, 2.24) is 4.57 Å². The standard InChI is InChI=1S/C13H18N2O/c1-9(2)15-8-10(6-7-14)13-11(15)4-3-5-12(13)16/h3-5,8-9,16H,6-7,14H2,1-2H3. The van der Waals surface area contributed by atoms with E-state index in [1.54, 1.807) is 6.07 Å². The highest BCUT2D eigenvalue weighted by Crippen LogP contribution is 2.31. The number of rotatable bonds is 3. The molecule has 86 valence electrons. The molecule has 0 aliphatic heterocycles. The minimum Gasteiger partial charge on any atom is -0.507 e. The maximum absolute atomic E-state index is 9.92. The lowest BCUT2D eigenvalue weighted by molar-refractivity contribution is 0.481. The van der Waals surface area contributed by atoms with E-state index in [4.69, 9.17) is 5.73 Å². The van der Waals surface area contributed by atoms with Crippen molar-refractivity contribution in [3.05, 3.63) is 30.0 Å². The molecule has 1 heterocycles. The molecule has 1 aromatic heterocycles. The fraction of sp³-hybridized carbons (Fsp3) is 0.385. The Labute approximate surface area is 95.5 Å². The van der Waals surface area contributed by atoms with Crippen LogP contribution in [0.5, 0.6) is 5.75 Å². The van der Waals surface area contributed by atoms with Gasteiger partial charge in [-0.05, 0) is 44.5 Å². The first-order valence-electron chi connectivity index (χ1n) is 5.66. The van der Waals surface area contributed by atoms with Crippen LogP contribution in [0.2, 0.25) is 0 Å². The number of phenols is 1.